The second-order valence-corrected chi connectivity index (χ2v) is 8.63. The number of amides is 2. The summed E-state index contributed by atoms with van der Waals surface area (Å²) in [6, 6.07) is 15.6. The average molecular weight is 407 g/mol. The van der Waals surface area contributed by atoms with Crippen molar-refractivity contribution in [3.8, 4) is 0 Å². The molecule has 2 fully saturated rings. The molecule has 2 aliphatic rings. The van der Waals surface area contributed by atoms with Gasteiger partial charge in [-0.2, -0.15) is 0 Å². The molecule has 4 rings (SSSR count). The van der Waals surface area contributed by atoms with Crippen molar-refractivity contribution >= 4 is 28.9 Å². The summed E-state index contributed by atoms with van der Waals surface area (Å²) in [5.41, 5.74) is 3.24. The zero-order valence-corrected chi connectivity index (χ0v) is 17.7. The van der Waals surface area contributed by atoms with Crippen LogP contribution in [-0.4, -0.2) is 49.9 Å². The molecule has 30 heavy (non-hydrogen) atoms. The molecule has 1 aliphatic carbocycles. The minimum absolute atomic E-state index is 0.0460. The van der Waals surface area contributed by atoms with Gasteiger partial charge in [0, 0.05) is 48.2 Å². The van der Waals surface area contributed by atoms with Crippen molar-refractivity contribution in [2.75, 3.05) is 42.7 Å². The summed E-state index contributed by atoms with van der Waals surface area (Å²) in [6.07, 6.45) is 4.07. The lowest BCUT2D eigenvalue weighted by Gasteiger charge is -2.22. The number of likely N-dealkylation sites (N-methyl/N-ethyl adjacent to an activating group) is 1. The van der Waals surface area contributed by atoms with Crippen molar-refractivity contribution in [2.24, 2.45) is 5.92 Å². The van der Waals surface area contributed by atoms with Gasteiger partial charge in [-0.25, -0.2) is 0 Å². The summed E-state index contributed by atoms with van der Waals surface area (Å²) in [5, 5.41) is 5.84. The molecule has 1 aliphatic heterocycles. The van der Waals surface area contributed by atoms with E-state index in [2.05, 4.69) is 46.7 Å². The van der Waals surface area contributed by atoms with Crippen molar-refractivity contribution in [1.29, 1.82) is 0 Å². The third-order valence-electron chi connectivity index (χ3n) is 5.99. The van der Waals surface area contributed by atoms with E-state index in [9.17, 15) is 9.59 Å². The predicted octanol–water partition coefficient (Wildman–Crippen LogP) is 3.82. The van der Waals surface area contributed by atoms with Gasteiger partial charge in [0.15, 0.2) is 0 Å². The molecule has 0 radical (unpaired) electrons. The second-order valence-electron chi connectivity index (χ2n) is 8.63. The van der Waals surface area contributed by atoms with Crippen LogP contribution in [0.15, 0.2) is 48.5 Å². The molecular formula is C24H30N4O2. The molecule has 2 amide bonds. The topological polar surface area (TPSA) is 64.7 Å². The third kappa shape index (κ3) is 5.19. The molecule has 2 aromatic rings. The van der Waals surface area contributed by atoms with Crippen LogP contribution in [0.4, 0.5) is 17.1 Å². The summed E-state index contributed by atoms with van der Waals surface area (Å²) in [5.74, 6) is 0.443. The van der Waals surface area contributed by atoms with Crippen LogP contribution in [-0.2, 0) is 4.79 Å². The molecular weight excluding hydrogens is 376 g/mol. The van der Waals surface area contributed by atoms with Gasteiger partial charge in [-0.3, -0.25) is 9.59 Å². The molecule has 2 N–H and O–H groups in total. The normalized spacial score (nSPS) is 18.5. The number of hydrogen-bond donors (Lipinski definition) is 2. The van der Waals surface area contributed by atoms with Crippen LogP contribution < -0.4 is 15.5 Å². The molecule has 1 saturated heterocycles. The Balaban J connectivity index is 1.30. The Morgan fingerprint density at radius 1 is 0.933 bits per heavy atom. The molecule has 158 valence electrons. The molecule has 0 spiro atoms. The fourth-order valence-electron chi connectivity index (χ4n) is 3.86. The van der Waals surface area contributed by atoms with Crippen LogP contribution in [0.5, 0.6) is 0 Å². The Labute approximate surface area is 178 Å². The van der Waals surface area contributed by atoms with E-state index in [0.29, 0.717) is 23.9 Å². The Kier molecular flexibility index (Phi) is 6.04. The van der Waals surface area contributed by atoms with Crippen molar-refractivity contribution in [3.63, 3.8) is 0 Å². The van der Waals surface area contributed by atoms with Crippen molar-refractivity contribution in [1.82, 2.24) is 4.90 Å². The van der Waals surface area contributed by atoms with E-state index in [1.165, 1.54) is 12.1 Å². The van der Waals surface area contributed by atoms with E-state index in [4.69, 9.17) is 0 Å². The standard InChI is InChI=1S/C24H30N4O2/c1-27(2)22-13-14-28(16-22)21-11-9-20(10-12-21)26-24(30)18-5-7-19(8-6-18)25-23(29)15-17-3-4-17/h5-12,17,22H,3-4,13-16H2,1-2H3,(H,25,29)(H,26,30). The first kappa shape index (κ1) is 20.4. The molecule has 1 unspecified atom stereocenters. The highest BCUT2D eigenvalue weighted by atomic mass is 16.2. The number of carbonyl (C=O) groups excluding carboxylic acids is 2. The lowest BCUT2D eigenvalue weighted by molar-refractivity contribution is -0.116. The summed E-state index contributed by atoms with van der Waals surface area (Å²) < 4.78 is 0. The summed E-state index contributed by atoms with van der Waals surface area (Å²) >= 11 is 0. The van der Waals surface area contributed by atoms with E-state index < -0.39 is 0 Å². The molecule has 2 aromatic carbocycles. The predicted molar refractivity (Wildman–Crippen MR) is 121 cm³/mol. The van der Waals surface area contributed by atoms with E-state index in [0.717, 1.165) is 37.3 Å². The highest BCUT2D eigenvalue weighted by molar-refractivity contribution is 6.04. The van der Waals surface area contributed by atoms with Gasteiger partial charge < -0.3 is 20.4 Å². The second kappa shape index (κ2) is 8.88. The van der Waals surface area contributed by atoms with Crippen molar-refractivity contribution in [3.05, 3.63) is 54.1 Å². The number of carbonyl (C=O) groups is 2. The lowest BCUT2D eigenvalue weighted by atomic mass is 10.1. The zero-order chi connectivity index (χ0) is 21.1. The van der Waals surface area contributed by atoms with Crippen LogP contribution in [0, 0.1) is 5.92 Å². The highest BCUT2D eigenvalue weighted by Gasteiger charge is 2.25. The molecule has 1 heterocycles. The number of hydrogen-bond acceptors (Lipinski definition) is 4. The molecule has 1 atom stereocenters. The molecule has 6 heteroatoms. The van der Waals surface area contributed by atoms with Crippen LogP contribution in [0.3, 0.4) is 0 Å². The van der Waals surface area contributed by atoms with E-state index >= 15 is 0 Å². The van der Waals surface area contributed by atoms with E-state index in [-0.39, 0.29) is 11.8 Å². The number of nitrogens with zero attached hydrogens (tertiary/aromatic N) is 2. The van der Waals surface area contributed by atoms with Crippen molar-refractivity contribution < 1.29 is 9.59 Å². The third-order valence-corrected chi connectivity index (χ3v) is 5.99. The maximum atomic E-state index is 12.5. The minimum Gasteiger partial charge on any atom is -0.370 e. The first-order valence-electron chi connectivity index (χ1n) is 10.7. The van der Waals surface area contributed by atoms with Gasteiger partial charge in [0.05, 0.1) is 0 Å². The SMILES string of the molecule is CN(C)C1CCN(c2ccc(NC(=O)c3ccc(NC(=O)CC4CC4)cc3)cc2)C1. The van der Waals surface area contributed by atoms with Gasteiger partial charge in [0.25, 0.3) is 5.91 Å². The Morgan fingerprint density at radius 3 is 2.17 bits per heavy atom. The van der Waals surface area contributed by atoms with Gasteiger partial charge in [0.2, 0.25) is 5.91 Å². The maximum absolute atomic E-state index is 12.5. The number of rotatable bonds is 7. The minimum atomic E-state index is -0.160. The maximum Gasteiger partial charge on any atom is 0.255 e. The smallest absolute Gasteiger partial charge is 0.255 e. The van der Waals surface area contributed by atoms with E-state index in [1.54, 1.807) is 24.3 Å². The fourth-order valence-corrected chi connectivity index (χ4v) is 3.86. The Hall–Kier alpha value is -2.86. The molecule has 0 aromatic heterocycles. The Bertz CT molecular complexity index is 888. The number of anilines is 3. The van der Waals surface area contributed by atoms with Gasteiger partial charge in [-0.05, 0) is 87.8 Å². The van der Waals surface area contributed by atoms with Crippen LogP contribution >= 0.6 is 0 Å². The zero-order valence-electron chi connectivity index (χ0n) is 17.7. The fraction of sp³-hybridized carbons (Fsp3) is 0.417. The molecule has 0 bridgehead atoms. The van der Waals surface area contributed by atoms with Crippen LogP contribution in [0.2, 0.25) is 0 Å². The van der Waals surface area contributed by atoms with Gasteiger partial charge in [-0.15, -0.1) is 0 Å². The quantitative estimate of drug-likeness (QED) is 0.734. The lowest BCUT2D eigenvalue weighted by Crippen LogP contribution is -2.31. The van der Waals surface area contributed by atoms with Gasteiger partial charge >= 0.3 is 0 Å². The summed E-state index contributed by atoms with van der Waals surface area (Å²) in [7, 11) is 4.25. The van der Waals surface area contributed by atoms with E-state index in [1.807, 2.05) is 12.1 Å². The number of nitrogens with one attached hydrogen (secondary N) is 2. The van der Waals surface area contributed by atoms with Gasteiger partial charge in [-0.1, -0.05) is 0 Å². The first-order chi connectivity index (χ1) is 14.5. The highest BCUT2D eigenvalue weighted by Crippen LogP contribution is 2.32. The summed E-state index contributed by atoms with van der Waals surface area (Å²) in [4.78, 5) is 29.1. The monoisotopic (exact) mass is 406 g/mol. The molecule has 1 saturated carbocycles. The molecule has 6 nitrogen and oxygen atoms in total. The Morgan fingerprint density at radius 2 is 1.57 bits per heavy atom. The van der Waals surface area contributed by atoms with Crippen LogP contribution in [0.25, 0.3) is 0 Å². The first-order valence-corrected chi connectivity index (χ1v) is 10.7. The number of benzene rings is 2. The van der Waals surface area contributed by atoms with Gasteiger partial charge in [0.1, 0.15) is 0 Å². The van der Waals surface area contributed by atoms with Crippen molar-refractivity contribution in [2.45, 2.75) is 31.7 Å². The average Bonchev–Trinajstić information content (AvgIpc) is 3.39. The van der Waals surface area contributed by atoms with Crippen LogP contribution in [0.1, 0.15) is 36.0 Å². The largest absolute Gasteiger partial charge is 0.370 e. The summed E-state index contributed by atoms with van der Waals surface area (Å²) in [6.45, 7) is 2.08.